The van der Waals surface area contributed by atoms with E-state index in [1.807, 2.05) is 18.7 Å². The summed E-state index contributed by atoms with van der Waals surface area (Å²) in [5, 5.41) is 21.8. The molecule has 0 fully saturated rings. The molecule has 1 amide bonds. The van der Waals surface area contributed by atoms with Crippen molar-refractivity contribution in [2.75, 3.05) is 31.6 Å². The third-order valence-corrected chi connectivity index (χ3v) is 4.73. The SMILES string of the molecule is CCCCCN(CCO)CC(=O)Nc1sc(C)c(C)c1C#N. The van der Waals surface area contributed by atoms with Gasteiger partial charge in [-0.15, -0.1) is 11.3 Å². The van der Waals surface area contributed by atoms with E-state index >= 15 is 0 Å². The lowest BCUT2D eigenvalue weighted by Crippen LogP contribution is -2.36. The Labute approximate surface area is 136 Å². The first kappa shape index (κ1) is 18.6. The summed E-state index contributed by atoms with van der Waals surface area (Å²) in [4.78, 5) is 15.2. The summed E-state index contributed by atoms with van der Waals surface area (Å²) >= 11 is 1.43. The van der Waals surface area contributed by atoms with E-state index < -0.39 is 0 Å². The number of unbranched alkanes of at least 4 members (excludes halogenated alkanes) is 2. The van der Waals surface area contributed by atoms with Crippen LogP contribution >= 0.6 is 11.3 Å². The standard InChI is InChI=1S/C16H25N3O2S/c1-4-5-6-7-19(8-9-20)11-15(21)18-16-14(10-17)12(2)13(3)22-16/h20H,4-9,11H2,1-3H3,(H,18,21). The molecule has 0 aliphatic heterocycles. The average molecular weight is 323 g/mol. The van der Waals surface area contributed by atoms with Crippen LogP contribution in [0.15, 0.2) is 0 Å². The molecule has 2 N–H and O–H groups in total. The van der Waals surface area contributed by atoms with Crippen molar-refractivity contribution >= 4 is 22.2 Å². The van der Waals surface area contributed by atoms with E-state index in [0.29, 0.717) is 17.1 Å². The van der Waals surface area contributed by atoms with E-state index in [1.165, 1.54) is 11.3 Å². The highest BCUT2D eigenvalue weighted by molar-refractivity contribution is 7.16. The van der Waals surface area contributed by atoms with E-state index in [1.54, 1.807) is 0 Å². The monoisotopic (exact) mass is 323 g/mol. The average Bonchev–Trinajstić information content (AvgIpc) is 2.73. The molecular weight excluding hydrogens is 298 g/mol. The predicted octanol–water partition coefficient (Wildman–Crippen LogP) is 2.66. The summed E-state index contributed by atoms with van der Waals surface area (Å²) in [5.41, 5.74) is 1.48. The van der Waals surface area contributed by atoms with Crippen LogP contribution in [0.4, 0.5) is 5.00 Å². The molecule has 0 bridgehead atoms. The molecule has 5 nitrogen and oxygen atoms in total. The zero-order chi connectivity index (χ0) is 16.5. The van der Waals surface area contributed by atoms with Gasteiger partial charge in [-0.25, -0.2) is 0 Å². The smallest absolute Gasteiger partial charge is 0.239 e. The van der Waals surface area contributed by atoms with Gasteiger partial charge in [0.1, 0.15) is 11.1 Å². The van der Waals surface area contributed by atoms with Crippen LogP contribution in [-0.4, -0.2) is 42.2 Å². The minimum absolute atomic E-state index is 0.0417. The molecule has 0 aliphatic rings. The van der Waals surface area contributed by atoms with Gasteiger partial charge in [0.25, 0.3) is 0 Å². The zero-order valence-electron chi connectivity index (χ0n) is 13.6. The molecule has 0 saturated heterocycles. The maximum Gasteiger partial charge on any atom is 0.239 e. The molecule has 0 unspecified atom stereocenters. The van der Waals surface area contributed by atoms with Crippen LogP contribution in [0.2, 0.25) is 0 Å². The number of nitriles is 1. The summed E-state index contributed by atoms with van der Waals surface area (Å²) in [5.74, 6) is -0.136. The van der Waals surface area contributed by atoms with Crippen LogP contribution in [0.1, 0.15) is 42.2 Å². The fourth-order valence-electron chi connectivity index (χ4n) is 2.22. The summed E-state index contributed by atoms with van der Waals surface area (Å²) in [6, 6.07) is 2.15. The van der Waals surface area contributed by atoms with Gasteiger partial charge < -0.3 is 10.4 Å². The molecule has 0 saturated carbocycles. The lowest BCUT2D eigenvalue weighted by Gasteiger charge is -2.20. The van der Waals surface area contributed by atoms with Gasteiger partial charge in [0, 0.05) is 11.4 Å². The molecule has 122 valence electrons. The van der Waals surface area contributed by atoms with Crippen molar-refractivity contribution in [2.45, 2.75) is 40.0 Å². The fraction of sp³-hybridized carbons (Fsp3) is 0.625. The maximum absolute atomic E-state index is 12.2. The zero-order valence-corrected chi connectivity index (χ0v) is 14.4. The summed E-state index contributed by atoms with van der Waals surface area (Å²) < 4.78 is 0. The Balaban J connectivity index is 2.63. The maximum atomic E-state index is 12.2. The van der Waals surface area contributed by atoms with Crippen LogP contribution in [0.5, 0.6) is 0 Å². The lowest BCUT2D eigenvalue weighted by atomic mass is 10.2. The Bertz CT molecular complexity index is 534. The lowest BCUT2D eigenvalue weighted by molar-refractivity contribution is -0.117. The predicted molar refractivity (Wildman–Crippen MR) is 90.2 cm³/mol. The number of nitrogens with one attached hydrogen (secondary N) is 1. The first-order valence-electron chi connectivity index (χ1n) is 7.66. The Morgan fingerprint density at radius 1 is 1.36 bits per heavy atom. The van der Waals surface area contributed by atoms with Gasteiger partial charge in [0.15, 0.2) is 0 Å². The normalized spacial score (nSPS) is 10.7. The van der Waals surface area contributed by atoms with Gasteiger partial charge in [-0.2, -0.15) is 5.26 Å². The van der Waals surface area contributed by atoms with Crippen LogP contribution in [0.25, 0.3) is 0 Å². The first-order valence-corrected chi connectivity index (χ1v) is 8.48. The van der Waals surface area contributed by atoms with Crippen molar-refractivity contribution in [3.63, 3.8) is 0 Å². The minimum atomic E-state index is -0.136. The van der Waals surface area contributed by atoms with E-state index in [-0.39, 0.29) is 19.1 Å². The Morgan fingerprint density at radius 2 is 2.09 bits per heavy atom. The van der Waals surface area contributed by atoms with Gasteiger partial charge in [-0.3, -0.25) is 9.69 Å². The molecule has 1 rings (SSSR count). The molecule has 0 aromatic carbocycles. The molecule has 6 heteroatoms. The third kappa shape index (κ3) is 5.41. The third-order valence-electron chi connectivity index (χ3n) is 3.61. The number of aliphatic hydroxyl groups excluding tert-OH is 1. The van der Waals surface area contributed by atoms with Gasteiger partial charge >= 0.3 is 0 Å². The van der Waals surface area contributed by atoms with Crippen molar-refractivity contribution < 1.29 is 9.90 Å². The minimum Gasteiger partial charge on any atom is -0.395 e. The van der Waals surface area contributed by atoms with Gasteiger partial charge in [0.2, 0.25) is 5.91 Å². The van der Waals surface area contributed by atoms with Crippen molar-refractivity contribution in [1.29, 1.82) is 5.26 Å². The quantitative estimate of drug-likeness (QED) is 0.685. The molecule has 22 heavy (non-hydrogen) atoms. The van der Waals surface area contributed by atoms with Crippen molar-refractivity contribution in [2.24, 2.45) is 0 Å². The number of aliphatic hydroxyl groups is 1. The molecule has 0 atom stereocenters. The van der Waals surface area contributed by atoms with E-state index in [4.69, 9.17) is 5.11 Å². The van der Waals surface area contributed by atoms with Crippen molar-refractivity contribution in [3.8, 4) is 6.07 Å². The molecule has 0 aliphatic carbocycles. The number of amides is 1. The highest BCUT2D eigenvalue weighted by atomic mass is 32.1. The highest BCUT2D eigenvalue weighted by Gasteiger charge is 2.16. The number of hydrogen-bond acceptors (Lipinski definition) is 5. The topological polar surface area (TPSA) is 76.4 Å². The number of hydrogen-bond donors (Lipinski definition) is 2. The first-order chi connectivity index (χ1) is 10.5. The van der Waals surface area contributed by atoms with Crippen molar-refractivity contribution in [1.82, 2.24) is 4.90 Å². The number of carbonyl (C=O) groups is 1. The number of carbonyl (C=O) groups excluding carboxylic acids is 1. The number of anilines is 1. The summed E-state index contributed by atoms with van der Waals surface area (Å²) in [6.45, 7) is 7.54. The molecule has 1 aromatic rings. The second-order valence-corrected chi connectivity index (χ2v) is 6.58. The van der Waals surface area contributed by atoms with Crippen LogP contribution in [-0.2, 0) is 4.79 Å². The summed E-state index contributed by atoms with van der Waals surface area (Å²) in [7, 11) is 0. The number of thiophene rings is 1. The molecule has 1 heterocycles. The van der Waals surface area contributed by atoms with E-state index in [9.17, 15) is 10.1 Å². The van der Waals surface area contributed by atoms with Gasteiger partial charge in [0.05, 0.1) is 18.7 Å². The van der Waals surface area contributed by atoms with Crippen LogP contribution in [0.3, 0.4) is 0 Å². The van der Waals surface area contributed by atoms with Gasteiger partial charge in [-0.1, -0.05) is 19.8 Å². The summed E-state index contributed by atoms with van der Waals surface area (Å²) in [6.07, 6.45) is 3.26. The van der Waals surface area contributed by atoms with E-state index in [2.05, 4.69) is 18.3 Å². The van der Waals surface area contributed by atoms with E-state index in [0.717, 1.165) is 36.2 Å². The Morgan fingerprint density at radius 3 is 2.68 bits per heavy atom. The Hall–Kier alpha value is -1.42. The second kappa shape index (κ2) is 9.57. The molecule has 0 spiro atoms. The Kier molecular flexibility index (Phi) is 8.10. The number of rotatable bonds is 9. The van der Waals surface area contributed by atoms with Gasteiger partial charge in [-0.05, 0) is 32.4 Å². The van der Waals surface area contributed by atoms with Crippen molar-refractivity contribution in [3.05, 3.63) is 16.0 Å². The molecule has 0 radical (unpaired) electrons. The molecule has 1 aromatic heterocycles. The highest BCUT2D eigenvalue weighted by Crippen LogP contribution is 2.31. The fourth-order valence-corrected chi connectivity index (χ4v) is 3.24. The second-order valence-electron chi connectivity index (χ2n) is 5.35. The number of aryl methyl sites for hydroxylation is 1. The number of nitrogens with zero attached hydrogens (tertiary/aromatic N) is 2. The van der Waals surface area contributed by atoms with Crippen LogP contribution < -0.4 is 5.32 Å². The van der Waals surface area contributed by atoms with Crippen LogP contribution in [0, 0.1) is 25.2 Å². The largest absolute Gasteiger partial charge is 0.395 e. The molecular formula is C16H25N3O2S.